The molecule has 0 atom stereocenters. The highest BCUT2D eigenvalue weighted by Gasteiger charge is 2.07. The second-order valence-corrected chi connectivity index (χ2v) is 6.02. The van der Waals surface area contributed by atoms with Crippen molar-refractivity contribution in [2.45, 2.75) is 33.6 Å². The van der Waals surface area contributed by atoms with Crippen LogP contribution in [0, 0.1) is 13.8 Å². The summed E-state index contributed by atoms with van der Waals surface area (Å²) in [7, 11) is 0. The fourth-order valence-electron chi connectivity index (χ4n) is 2.23. The standard InChI is InChI=1S/C20H23N3O2/c1-14-7-9-17(10-8-14)16(3)22-23-20(25)12-11-19(24)21-18-6-4-5-15(2)13-18/h4-10,13H,11-12H2,1-3H3,(H,21,24)(H,23,25)/b22-16+. The van der Waals surface area contributed by atoms with Crippen molar-refractivity contribution in [2.75, 3.05) is 5.32 Å². The van der Waals surface area contributed by atoms with Gasteiger partial charge < -0.3 is 5.32 Å². The van der Waals surface area contributed by atoms with E-state index in [-0.39, 0.29) is 24.7 Å². The number of anilines is 1. The summed E-state index contributed by atoms with van der Waals surface area (Å²) in [5.41, 5.74) is 7.13. The van der Waals surface area contributed by atoms with Crippen LogP contribution >= 0.6 is 0 Å². The molecule has 0 bridgehead atoms. The minimum Gasteiger partial charge on any atom is -0.326 e. The Bertz CT molecular complexity index is 780. The van der Waals surface area contributed by atoms with Gasteiger partial charge in [-0.2, -0.15) is 5.10 Å². The molecular weight excluding hydrogens is 314 g/mol. The maximum atomic E-state index is 11.9. The molecule has 0 radical (unpaired) electrons. The third-order valence-corrected chi connectivity index (χ3v) is 3.70. The number of benzene rings is 2. The van der Waals surface area contributed by atoms with Crippen molar-refractivity contribution in [2.24, 2.45) is 5.10 Å². The summed E-state index contributed by atoms with van der Waals surface area (Å²) in [4.78, 5) is 23.7. The topological polar surface area (TPSA) is 70.6 Å². The van der Waals surface area contributed by atoms with Crippen molar-refractivity contribution in [1.29, 1.82) is 0 Å². The highest BCUT2D eigenvalue weighted by molar-refractivity contribution is 5.99. The first-order valence-electron chi connectivity index (χ1n) is 8.21. The molecular formula is C20H23N3O2. The van der Waals surface area contributed by atoms with Gasteiger partial charge in [0.05, 0.1) is 5.71 Å². The zero-order valence-electron chi connectivity index (χ0n) is 14.8. The van der Waals surface area contributed by atoms with Gasteiger partial charge in [0.15, 0.2) is 0 Å². The molecule has 0 heterocycles. The third-order valence-electron chi connectivity index (χ3n) is 3.70. The molecule has 0 saturated heterocycles. The van der Waals surface area contributed by atoms with Gasteiger partial charge in [-0.15, -0.1) is 0 Å². The van der Waals surface area contributed by atoms with E-state index in [2.05, 4.69) is 15.8 Å². The Morgan fingerprint density at radius 2 is 1.60 bits per heavy atom. The number of hydrogen-bond acceptors (Lipinski definition) is 3. The monoisotopic (exact) mass is 337 g/mol. The van der Waals surface area contributed by atoms with Gasteiger partial charge >= 0.3 is 0 Å². The van der Waals surface area contributed by atoms with E-state index in [0.29, 0.717) is 0 Å². The van der Waals surface area contributed by atoms with Crippen molar-refractivity contribution in [3.8, 4) is 0 Å². The Morgan fingerprint density at radius 1 is 0.920 bits per heavy atom. The first-order valence-corrected chi connectivity index (χ1v) is 8.21. The third kappa shape index (κ3) is 6.22. The largest absolute Gasteiger partial charge is 0.326 e. The Morgan fingerprint density at radius 3 is 2.28 bits per heavy atom. The fraction of sp³-hybridized carbons (Fsp3) is 0.250. The zero-order chi connectivity index (χ0) is 18.2. The predicted molar refractivity (Wildman–Crippen MR) is 101 cm³/mol. The number of nitrogens with zero attached hydrogens (tertiary/aromatic N) is 1. The summed E-state index contributed by atoms with van der Waals surface area (Å²) in [6.07, 6.45) is 0.196. The van der Waals surface area contributed by atoms with Gasteiger partial charge in [-0.3, -0.25) is 9.59 Å². The van der Waals surface area contributed by atoms with Gasteiger partial charge in [-0.05, 0) is 44.0 Å². The molecule has 2 amide bonds. The van der Waals surface area contributed by atoms with E-state index >= 15 is 0 Å². The fourth-order valence-corrected chi connectivity index (χ4v) is 2.23. The Hall–Kier alpha value is -2.95. The van der Waals surface area contributed by atoms with Crippen LogP contribution in [0.15, 0.2) is 53.6 Å². The van der Waals surface area contributed by atoms with Crippen molar-refractivity contribution >= 4 is 23.2 Å². The number of carbonyl (C=O) groups excluding carboxylic acids is 2. The quantitative estimate of drug-likeness (QED) is 0.625. The van der Waals surface area contributed by atoms with Crippen LogP contribution in [-0.4, -0.2) is 17.5 Å². The van der Waals surface area contributed by atoms with Gasteiger partial charge in [-0.1, -0.05) is 42.0 Å². The van der Waals surface area contributed by atoms with Crippen LogP contribution < -0.4 is 10.7 Å². The Kier molecular flexibility index (Phi) is 6.46. The number of aryl methyl sites for hydroxylation is 2. The lowest BCUT2D eigenvalue weighted by Gasteiger charge is -2.06. The molecule has 2 rings (SSSR count). The molecule has 130 valence electrons. The lowest BCUT2D eigenvalue weighted by atomic mass is 10.1. The molecule has 0 aliphatic carbocycles. The number of rotatable bonds is 6. The van der Waals surface area contributed by atoms with Gasteiger partial charge in [0.25, 0.3) is 0 Å². The molecule has 25 heavy (non-hydrogen) atoms. The average Bonchev–Trinajstić information content (AvgIpc) is 2.58. The van der Waals surface area contributed by atoms with Crippen molar-refractivity contribution in [3.05, 3.63) is 65.2 Å². The van der Waals surface area contributed by atoms with Crippen LogP contribution in [-0.2, 0) is 9.59 Å². The maximum Gasteiger partial charge on any atom is 0.240 e. The van der Waals surface area contributed by atoms with Gasteiger partial charge in [0, 0.05) is 18.5 Å². The molecule has 0 aliphatic rings. The van der Waals surface area contributed by atoms with E-state index in [9.17, 15) is 9.59 Å². The molecule has 0 aromatic heterocycles. The molecule has 2 aromatic rings. The van der Waals surface area contributed by atoms with E-state index in [4.69, 9.17) is 0 Å². The van der Waals surface area contributed by atoms with Gasteiger partial charge in [0.2, 0.25) is 11.8 Å². The van der Waals surface area contributed by atoms with Crippen LogP contribution in [0.3, 0.4) is 0 Å². The normalized spacial score (nSPS) is 11.1. The van der Waals surface area contributed by atoms with Crippen molar-refractivity contribution in [3.63, 3.8) is 0 Å². The molecule has 0 aliphatic heterocycles. The first-order chi connectivity index (χ1) is 11.9. The van der Waals surface area contributed by atoms with Crippen LogP contribution in [0.2, 0.25) is 0 Å². The zero-order valence-corrected chi connectivity index (χ0v) is 14.8. The van der Waals surface area contributed by atoms with Gasteiger partial charge in [-0.25, -0.2) is 5.43 Å². The number of carbonyl (C=O) groups is 2. The highest BCUT2D eigenvalue weighted by atomic mass is 16.2. The second-order valence-electron chi connectivity index (χ2n) is 6.02. The summed E-state index contributed by atoms with van der Waals surface area (Å²) >= 11 is 0. The molecule has 5 heteroatoms. The first kappa shape index (κ1) is 18.4. The molecule has 0 spiro atoms. The molecule has 5 nitrogen and oxygen atoms in total. The van der Waals surface area contributed by atoms with E-state index < -0.39 is 0 Å². The van der Waals surface area contributed by atoms with Crippen LogP contribution in [0.4, 0.5) is 5.69 Å². The molecule has 0 fully saturated rings. The number of hydrazone groups is 1. The van der Waals surface area contributed by atoms with Crippen LogP contribution in [0.25, 0.3) is 0 Å². The SMILES string of the molecule is C/C(=N\NC(=O)CCC(=O)Nc1cccc(C)c1)c1ccc(C)cc1. The van der Waals surface area contributed by atoms with E-state index in [0.717, 1.165) is 22.5 Å². The minimum atomic E-state index is -0.286. The number of hydrogen-bond donors (Lipinski definition) is 2. The summed E-state index contributed by atoms with van der Waals surface area (Å²) < 4.78 is 0. The van der Waals surface area contributed by atoms with E-state index in [1.807, 2.05) is 69.3 Å². The predicted octanol–water partition coefficient (Wildman–Crippen LogP) is 3.56. The molecule has 2 aromatic carbocycles. The minimum absolute atomic E-state index is 0.0856. The van der Waals surface area contributed by atoms with E-state index in [1.165, 1.54) is 5.56 Å². The molecule has 0 saturated carbocycles. The molecule has 0 unspecified atom stereocenters. The Balaban J connectivity index is 1.79. The second kappa shape index (κ2) is 8.78. The summed E-state index contributed by atoms with van der Waals surface area (Å²) in [5.74, 6) is -0.481. The van der Waals surface area contributed by atoms with Crippen molar-refractivity contribution in [1.82, 2.24) is 5.43 Å². The number of nitrogens with one attached hydrogen (secondary N) is 2. The highest BCUT2D eigenvalue weighted by Crippen LogP contribution is 2.10. The molecule has 2 N–H and O–H groups in total. The Labute approximate surface area is 148 Å². The average molecular weight is 337 g/mol. The number of amides is 2. The summed E-state index contributed by atoms with van der Waals surface area (Å²) in [6.45, 7) is 5.80. The van der Waals surface area contributed by atoms with Gasteiger partial charge in [0.1, 0.15) is 0 Å². The maximum absolute atomic E-state index is 11.9. The van der Waals surface area contributed by atoms with Crippen LogP contribution in [0.1, 0.15) is 36.5 Å². The smallest absolute Gasteiger partial charge is 0.240 e. The van der Waals surface area contributed by atoms with Crippen LogP contribution in [0.5, 0.6) is 0 Å². The van der Waals surface area contributed by atoms with E-state index in [1.54, 1.807) is 0 Å². The lowest BCUT2D eigenvalue weighted by Crippen LogP contribution is -2.21. The lowest BCUT2D eigenvalue weighted by molar-refractivity contribution is -0.124. The van der Waals surface area contributed by atoms with Crippen molar-refractivity contribution < 1.29 is 9.59 Å². The summed E-state index contributed by atoms with van der Waals surface area (Å²) in [6, 6.07) is 15.4. The summed E-state index contributed by atoms with van der Waals surface area (Å²) in [5, 5.41) is 6.86.